The highest BCUT2D eigenvalue weighted by atomic mass is 79.9. The van der Waals surface area contributed by atoms with Crippen LogP contribution in [0.4, 0.5) is 11.4 Å². The Morgan fingerprint density at radius 1 is 1.16 bits per heavy atom. The highest BCUT2D eigenvalue weighted by Crippen LogP contribution is 2.32. The summed E-state index contributed by atoms with van der Waals surface area (Å²) in [6, 6.07) is 10.9. The molecule has 5 heteroatoms. The smallest absolute Gasteiger partial charge is 0.257 e. The van der Waals surface area contributed by atoms with Gasteiger partial charge in [0.05, 0.1) is 11.3 Å². The normalized spacial score (nSPS) is 10.3. The van der Waals surface area contributed by atoms with E-state index in [1.165, 1.54) is 0 Å². The van der Waals surface area contributed by atoms with Crippen molar-refractivity contribution in [3.63, 3.8) is 0 Å². The van der Waals surface area contributed by atoms with E-state index in [4.69, 9.17) is 5.73 Å². The van der Waals surface area contributed by atoms with Gasteiger partial charge in [-0.1, -0.05) is 12.1 Å². The van der Waals surface area contributed by atoms with E-state index in [1.807, 2.05) is 19.1 Å². The lowest BCUT2D eigenvalue weighted by atomic mass is 10.1. The number of benzene rings is 2. The zero-order valence-corrected chi connectivity index (χ0v) is 13.4. The summed E-state index contributed by atoms with van der Waals surface area (Å²) < 4.78 is 1.64. The van der Waals surface area contributed by atoms with Crippen molar-refractivity contribution in [2.24, 2.45) is 0 Å². The summed E-state index contributed by atoms with van der Waals surface area (Å²) in [5.41, 5.74) is 8.50. The van der Waals surface area contributed by atoms with Crippen molar-refractivity contribution in [1.82, 2.24) is 0 Å². The molecule has 0 radical (unpaired) electrons. The van der Waals surface area contributed by atoms with Gasteiger partial charge in [-0.15, -0.1) is 0 Å². The SMILES string of the molecule is Cc1cc(Br)c(NC(=O)c2ccccc2N)c(Br)c1. The van der Waals surface area contributed by atoms with E-state index in [0.29, 0.717) is 16.9 Å². The Morgan fingerprint density at radius 2 is 1.74 bits per heavy atom. The first-order valence-corrected chi connectivity index (χ1v) is 7.19. The number of hydrogen-bond acceptors (Lipinski definition) is 2. The van der Waals surface area contributed by atoms with Crippen molar-refractivity contribution >= 4 is 49.1 Å². The van der Waals surface area contributed by atoms with Gasteiger partial charge in [0, 0.05) is 14.6 Å². The molecule has 0 aromatic heterocycles. The second-order valence-electron chi connectivity index (χ2n) is 4.14. The summed E-state index contributed by atoms with van der Waals surface area (Å²) in [6.45, 7) is 1.98. The number of anilines is 2. The minimum Gasteiger partial charge on any atom is -0.398 e. The van der Waals surface area contributed by atoms with E-state index in [-0.39, 0.29) is 5.91 Å². The van der Waals surface area contributed by atoms with Crippen LogP contribution in [-0.4, -0.2) is 5.91 Å². The van der Waals surface area contributed by atoms with Crippen molar-refractivity contribution in [3.05, 3.63) is 56.5 Å². The van der Waals surface area contributed by atoms with Crippen molar-refractivity contribution in [2.75, 3.05) is 11.1 Å². The summed E-state index contributed by atoms with van der Waals surface area (Å²) in [6.07, 6.45) is 0. The van der Waals surface area contributed by atoms with Gasteiger partial charge in [0.2, 0.25) is 0 Å². The number of nitrogen functional groups attached to an aromatic ring is 1. The number of halogens is 2. The predicted octanol–water partition coefficient (Wildman–Crippen LogP) is 4.35. The third kappa shape index (κ3) is 3.16. The van der Waals surface area contributed by atoms with E-state index in [1.54, 1.807) is 24.3 Å². The minimum atomic E-state index is -0.233. The van der Waals surface area contributed by atoms with E-state index >= 15 is 0 Å². The molecule has 0 fully saturated rings. The zero-order chi connectivity index (χ0) is 14.0. The quantitative estimate of drug-likeness (QED) is 0.757. The second-order valence-corrected chi connectivity index (χ2v) is 5.85. The maximum atomic E-state index is 12.2. The average molecular weight is 384 g/mol. The highest BCUT2D eigenvalue weighted by Gasteiger charge is 2.13. The molecule has 0 saturated heterocycles. The predicted molar refractivity (Wildman–Crippen MR) is 85.4 cm³/mol. The maximum absolute atomic E-state index is 12.2. The van der Waals surface area contributed by atoms with Crippen LogP contribution in [-0.2, 0) is 0 Å². The fourth-order valence-electron chi connectivity index (χ4n) is 1.70. The van der Waals surface area contributed by atoms with E-state index < -0.39 is 0 Å². The van der Waals surface area contributed by atoms with Crippen LogP contribution in [0.5, 0.6) is 0 Å². The fraction of sp³-hybridized carbons (Fsp3) is 0.0714. The molecule has 0 atom stereocenters. The number of nitrogens with one attached hydrogen (secondary N) is 1. The molecule has 1 amide bonds. The highest BCUT2D eigenvalue weighted by molar-refractivity contribution is 9.11. The van der Waals surface area contributed by atoms with Crippen molar-refractivity contribution in [1.29, 1.82) is 0 Å². The number of amides is 1. The van der Waals surface area contributed by atoms with Gasteiger partial charge >= 0.3 is 0 Å². The van der Waals surface area contributed by atoms with Crippen LogP contribution in [0.1, 0.15) is 15.9 Å². The molecule has 0 aliphatic heterocycles. The zero-order valence-electron chi connectivity index (χ0n) is 10.2. The lowest BCUT2D eigenvalue weighted by Gasteiger charge is -2.11. The topological polar surface area (TPSA) is 55.1 Å². The van der Waals surface area contributed by atoms with Crippen LogP contribution in [0.15, 0.2) is 45.3 Å². The molecule has 19 heavy (non-hydrogen) atoms. The molecule has 0 aliphatic carbocycles. The molecule has 3 nitrogen and oxygen atoms in total. The number of aryl methyl sites for hydroxylation is 1. The number of carbonyl (C=O) groups is 1. The van der Waals surface area contributed by atoms with Crippen molar-refractivity contribution in [3.8, 4) is 0 Å². The Bertz CT molecular complexity index is 618. The average Bonchev–Trinajstić information content (AvgIpc) is 2.34. The number of para-hydroxylation sites is 1. The van der Waals surface area contributed by atoms with Gasteiger partial charge in [-0.25, -0.2) is 0 Å². The third-order valence-corrected chi connectivity index (χ3v) is 3.88. The molecule has 2 rings (SSSR count). The Hall–Kier alpha value is -1.33. The molecule has 0 heterocycles. The van der Waals surface area contributed by atoms with Gasteiger partial charge < -0.3 is 11.1 Å². The van der Waals surface area contributed by atoms with Gasteiger partial charge in [0.1, 0.15) is 0 Å². The summed E-state index contributed by atoms with van der Waals surface area (Å²) in [5.74, 6) is -0.233. The summed E-state index contributed by atoms with van der Waals surface area (Å²) in [5, 5.41) is 2.85. The van der Waals surface area contributed by atoms with Crippen LogP contribution in [0.25, 0.3) is 0 Å². The van der Waals surface area contributed by atoms with Gasteiger partial charge in [0.15, 0.2) is 0 Å². The molecule has 0 bridgehead atoms. The lowest BCUT2D eigenvalue weighted by Crippen LogP contribution is -2.14. The van der Waals surface area contributed by atoms with Gasteiger partial charge in [0.25, 0.3) is 5.91 Å². The Balaban J connectivity index is 2.32. The first-order chi connectivity index (χ1) is 8.99. The molecule has 0 aliphatic rings. The monoisotopic (exact) mass is 382 g/mol. The van der Waals surface area contributed by atoms with Crippen molar-refractivity contribution in [2.45, 2.75) is 6.92 Å². The first kappa shape index (κ1) is 14.1. The maximum Gasteiger partial charge on any atom is 0.257 e. The van der Waals surface area contributed by atoms with Crippen LogP contribution in [0, 0.1) is 6.92 Å². The molecule has 2 aromatic rings. The van der Waals surface area contributed by atoms with Gasteiger partial charge in [-0.05, 0) is 68.6 Å². The first-order valence-electron chi connectivity index (χ1n) is 5.60. The van der Waals surface area contributed by atoms with E-state index in [9.17, 15) is 4.79 Å². The Labute approximate surface area is 128 Å². The number of carbonyl (C=O) groups excluding carboxylic acids is 1. The van der Waals surface area contributed by atoms with Crippen molar-refractivity contribution < 1.29 is 4.79 Å². The van der Waals surface area contributed by atoms with E-state index in [2.05, 4.69) is 37.2 Å². The number of hydrogen-bond donors (Lipinski definition) is 2. The molecule has 98 valence electrons. The fourth-order valence-corrected chi connectivity index (χ4v) is 3.32. The van der Waals surface area contributed by atoms with Crippen LogP contribution >= 0.6 is 31.9 Å². The van der Waals surface area contributed by atoms with Gasteiger partial charge in [-0.3, -0.25) is 4.79 Å². The molecule has 0 saturated carbocycles. The molecule has 0 spiro atoms. The molecule has 0 unspecified atom stereocenters. The number of rotatable bonds is 2. The lowest BCUT2D eigenvalue weighted by molar-refractivity contribution is 0.102. The largest absolute Gasteiger partial charge is 0.398 e. The minimum absolute atomic E-state index is 0.233. The summed E-state index contributed by atoms with van der Waals surface area (Å²) in [4.78, 5) is 12.2. The van der Waals surface area contributed by atoms with Gasteiger partial charge in [-0.2, -0.15) is 0 Å². The molecule has 2 aromatic carbocycles. The number of nitrogens with two attached hydrogens (primary N) is 1. The third-order valence-electron chi connectivity index (χ3n) is 2.63. The van der Waals surface area contributed by atoms with Crippen LogP contribution < -0.4 is 11.1 Å². The second kappa shape index (κ2) is 5.75. The Morgan fingerprint density at radius 3 is 2.32 bits per heavy atom. The Kier molecular flexibility index (Phi) is 4.27. The molecular formula is C14H12Br2N2O. The molecule has 3 N–H and O–H groups in total. The standard InChI is InChI=1S/C14H12Br2N2O/c1-8-6-10(15)13(11(16)7-8)18-14(19)9-4-2-3-5-12(9)17/h2-7H,17H2,1H3,(H,18,19). The summed E-state index contributed by atoms with van der Waals surface area (Å²) >= 11 is 6.88. The van der Waals surface area contributed by atoms with Crippen LogP contribution in [0.3, 0.4) is 0 Å². The van der Waals surface area contributed by atoms with E-state index in [0.717, 1.165) is 14.5 Å². The summed E-state index contributed by atoms with van der Waals surface area (Å²) in [7, 11) is 0. The molecular weight excluding hydrogens is 372 g/mol. The van der Waals surface area contributed by atoms with Crippen LogP contribution in [0.2, 0.25) is 0 Å².